The Hall–Kier alpha value is -2.85. The van der Waals surface area contributed by atoms with Gasteiger partial charge in [-0.3, -0.25) is 4.79 Å². The summed E-state index contributed by atoms with van der Waals surface area (Å²) in [5.74, 6) is 0.179. The average Bonchev–Trinajstić information content (AvgIpc) is 3.18. The smallest absolute Gasteiger partial charge is 0.254 e. The molecule has 1 aromatic carbocycles. The molecule has 1 atom stereocenters. The number of benzene rings is 1. The Morgan fingerprint density at radius 1 is 1.19 bits per heavy atom. The lowest BCUT2D eigenvalue weighted by atomic mass is 9.90. The van der Waals surface area contributed by atoms with Gasteiger partial charge in [-0.05, 0) is 54.9 Å². The fourth-order valence-corrected chi connectivity index (χ4v) is 5.87. The molecule has 1 unspecified atom stereocenters. The number of aryl methyl sites for hydroxylation is 1. The first-order valence-corrected chi connectivity index (χ1v) is 12.5. The maximum Gasteiger partial charge on any atom is 0.254 e. The van der Waals surface area contributed by atoms with Gasteiger partial charge in [-0.15, -0.1) is 0 Å². The van der Waals surface area contributed by atoms with Crippen molar-refractivity contribution in [2.75, 3.05) is 24.2 Å². The van der Waals surface area contributed by atoms with Gasteiger partial charge in [0.2, 0.25) is 0 Å². The number of hydrogen-bond donors (Lipinski definition) is 0. The van der Waals surface area contributed by atoms with Crippen molar-refractivity contribution in [1.82, 2.24) is 4.57 Å². The molecule has 2 aromatic rings. The molecule has 1 aromatic heterocycles. The van der Waals surface area contributed by atoms with Gasteiger partial charge in [0.15, 0.2) is 9.84 Å². The second kappa shape index (κ2) is 6.83. The zero-order valence-electron chi connectivity index (χ0n) is 17.8. The van der Waals surface area contributed by atoms with Crippen LogP contribution in [-0.4, -0.2) is 32.3 Å². The molecule has 31 heavy (non-hydrogen) atoms. The zero-order valence-corrected chi connectivity index (χ0v) is 18.6. The van der Waals surface area contributed by atoms with Gasteiger partial charge in [0.25, 0.3) is 5.56 Å². The van der Waals surface area contributed by atoms with Crippen LogP contribution in [0, 0.1) is 22.7 Å². The number of sulfone groups is 1. The number of rotatable bonds is 3. The van der Waals surface area contributed by atoms with Crippen LogP contribution in [0.25, 0.3) is 17.2 Å². The third-order valence-corrected chi connectivity index (χ3v) is 8.37. The predicted molar refractivity (Wildman–Crippen MR) is 121 cm³/mol. The van der Waals surface area contributed by atoms with E-state index >= 15 is 0 Å². The van der Waals surface area contributed by atoms with Gasteiger partial charge in [0, 0.05) is 55.0 Å². The second-order valence-corrected chi connectivity index (χ2v) is 11.2. The van der Waals surface area contributed by atoms with Gasteiger partial charge in [-0.2, -0.15) is 5.26 Å². The maximum absolute atomic E-state index is 12.6. The number of hydrogen-bond acceptors (Lipinski definition) is 5. The minimum absolute atomic E-state index is 0.0132. The third kappa shape index (κ3) is 3.21. The highest BCUT2D eigenvalue weighted by Gasteiger charge is 2.55. The van der Waals surface area contributed by atoms with Crippen molar-refractivity contribution < 1.29 is 8.42 Å². The highest BCUT2D eigenvalue weighted by molar-refractivity contribution is 7.90. The molecule has 2 aliphatic carbocycles. The quantitative estimate of drug-likeness (QED) is 0.740. The van der Waals surface area contributed by atoms with Crippen molar-refractivity contribution in [1.29, 1.82) is 5.26 Å². The molecule has 1 saturated carbocycles. The lowest BCUT2D eigenvalue weighted by Crippen LogP contribution is -2.35. The van der Waals surface area contributed by atoms with E-state index in [0.29, 0.717) is 6.42 Å². The lowest BCUT2D eigenvalue weighted by molar-refractivity contribution is 0.367. The summed E-state index contributed by atoms with van der Waals surface area (Å²) < 4.78 is 26.2. The highest BCUT2D eigenvalue weighted by Crippen LogP contribution is 2.59. The van der Waals surface area contributed by atoms with Crippen molar-refractivity contribution >= 4 is 21.6 Å². The molecule has 2 heterocycles. The van der Waals surface area contributed by atoms with E-state index in [1.54, 1.807) is 23.7 Å². The van der Waals surface area contributed by atoms with E-state index in [9.17, 15) is 18.5 Å². The maximum atomic E-state index is 12.6. The fraction of sp³-hybridized carbons (Fsp3) is 0.417. The SMILES string of the molecule is Cn1cc(-c2cc(S(C)(=O)=O)ccc2N2CCC3(CC2)CC3C#N)c2c(c1=O)CC=C2. The van der Waals surface area contributed by atoms with Gasteiger partial charge < -0.3 is 9.47 Å². The van der Waals surface area contributed by atoms with Gasteiger partial charge >= 0.3 is 0 Å². The lowest BCUT2D eigenvalue weighted by Gasteiger charge is -2.35. The molecule has 1 saturated heterocycles. The van der Waals surface area contributed by atoms with Crippen LogP contribution in [0.1, 0.15) is 30.4 Å². The Labute approximate surface area is 182 Å². The van der Waals surface area contributed by atoms with E-state index < -0.39 is 9.84 Å². The van der Waals surface area contributed by atoms with E-state index in [1.807, 2.05) is 24.4 Å². The second-order valence-electron chi connectivity index (χ2n) is 9.14. The van der Waals surface area contributed by atoms with E-state index in [4.69, 9.17) is 0 Å². The predicted octanol–water partition coefficient (Wildman–Crippen LogP) is 3.16. The summed E-state index contributed by atoms with van der Waals surface area (Å²) in [4.78, 5) is 15.2. The summed E-state index contributed by atoms with van der Waals surface area (Å²) in [6.07, 6.45) is 10.5. The van der Waals surface area contributed by atoms with Crippen LogP contribution < -0.4 is 10.5 Å². The van der Waals surface area contributed by atoms with Gasteiger partial charge in [-0.25, -0.2) is 8.42 Å². The molecule has 1 spiro atoms. The van der Waals surface area contributed by atoms with Crippen LogP contribution in [0.4, 0.5) is 5.69 Å². The van der Waals surface area contributed by atoms with Gasteiger partial charge in [0.1, 0.15) is 0 Å². The molecular weight excluding hydrogens is 410 g/mol. The Morgan fingerprint density at radius 3 is 2.58 bits per heavy atom. The molecule has 0 N–H and O–H groups in total. The topological polar surface area (TPSA) is 83.2 Å². The van der Waals surface area contributed by atoms with Crippen LogP contribution >= 0.6 is 0 Å². The number of nitriles is 1. The molecule has 1 aliphatic heterocycles. The fourth-order valence-electron chi connectivity index (χ4n) is 5.22. The minimum atomic E-state index is -3.37. The zero-order chi connectivity index (χ0) is 22.0. The molecule has 5 rings (SSSR count). The minimum Gasteiger partial charge on any atom is -0.371 e. The van der Waals surface area contributed by atoms with Crippen LogP contribution in [0.15, 0.2) is 40.2 Å². The van der Waals surface area contributed by atoms with Crippen molar-refractivity contribution in [2.45, 2.75) is 30.6 Å². The summed E-state index contributed by atoms with van der Waals surface area (Å²) >= 11 is 0. The molecule has 6 nitrogen and oxygen atoms in total. The Bertz CT molecular complexity index is 1320. The molecule has 7 heteroatoms. The third-order valence-electron chi connectivity index (χ3n) is 7.25. The first-order valence-electron chi connectivity index (χ1n) is 10.6. The molecule has 0 amide bonds. The van der Waals surface area contributed by atoms with E-state index in [0.717, 1.165) is 60.3 Å². The van der Waals surface area contributed by atoms with Crippen LogP contribution in [0.2, 0.25) is 0 Å². The standard InChI is InChI=1S/C24H25N3O3S/c1-26-15-21(18-4-3-5-19(18)23(26)28)20-12-17(31(2,29)30)6-7-22(20)27-10-8-24(9-11-27)13-16(24)14-25/h3-4,6-7,12,15-16H,5,8-11,13H2,1-2H3. The monoisotopic (exact) mass is 435 g/mol. The van der Waals surface area contributed by atoms with Gasteiger partial charge in [0.05, 0.1) is 16.9 Å². The first-order chi connectivity index (χ1) is 14.7. The van der Waals surface area contributed by atoms with E-state index in [1.165, 1.54) is 6.26 Å². The van der Waals surface area contributed by atoms with E-state index in [2.05, 4.69) is 11.0 Å². The normalized spacial score (nSPS) is 21.2. The molecular formula is C24H25N3O3S. The van der Waals surface area contributed by atoms with Crippen LogP contribution in [-0.2, 0) is 23.3 Å². The van der Waals surface area contributed by atoms with Crippen LogP contribution in [0.5, 0.6) is 0 Å². The van der Waals surface area contributed by atoms with Crippen molar-refractivity contribution in [3.8, 4) is 17.2 Å². The highest BCUT2D eigenvalue weighted by atomic mass is 32.2. The summed E-state index contributed by atoms with van der Waals surface area (Å²) in [5, 5.41) is 9.29. The molecule has 0 bridgehead atoms. The molecule has 160 valence electrons. The summed E-state index contributed by atoms with van der Waals surface area (Å²) in [5.41, 5.74) is 4.51. The Balaban J connectivity index is 1.63. The molecule has 0 radical (unpaired) electrons. The van der Waals surface area contributed by atoms with Crippen LogP contribution in [0.3, 0.4) is 0 Å². The largest absolute Gasteiger partial charge is 0.371 e. The van der Waals surface area contributed by atoms with Crippen molar-refractivity contribution in [3.05, 3.63) is 52.0 Å². The van der Waals surface area contributed by atoms with E-state index in [-0.39, 0.29) is 21.8 Å². The Morgan fingerprint density at radius 2 is 1.94 bits per heavy atom. The van der Waals surface area contributed by atoms with Crippen molar-refractivity contribution in [3.63, 3.8) is 0 Å². The van der Waals surface area contributed by atoms with Crippen molar-refractivity contribution in [2.24, 2.45) is 18.4 Å². The summed E-state index contributed by atoms with van der Waals surface area (Å²) in [6.45, 7) is 1.68. The number of piperidine rings is 1. The number of aromatic nitrogens is 1. The molecule has 2 fully saturated rings. The summed E-state index contributed by atoms with van der Waals surface area (Å²) in [6, 6.07) is 7.75. The number of allylic oxidation sites excluding steroid dienone is 1. The number of pyridine rings is 1. The molecule has 3 aliphatic rings. The average molecular weight is 436 g/mol. The number of anilines is 1. The summed E-state index contributed by atoms with van der Waals surface area (Å²) in [7, 11) is -1.63. The number of fused-ring (bicyclic) bond motifs is 1. The van der Waals surface area contributed by atoms with Gasteiger partial charge in [-0.1, -0.05) is 12.2 Å². The number of nitrogens with zero attached hydrogens (tertiary/aromatic N) is 3. The Kier molecular flexibility index (Phi) is 4.42. The first kappa shape index (κ1) is 20.1.